The zero-order chi connectivity index (χ0) is 29.3. The van der Waals surface area contributed by atoms with Crippen LogP contribution in [0.15, 0.2) is 0 Å². The summed E-state index contributed by atoms with van der Waals surface area (Å²) >= 11 is 0. The Hall–Kier alpha value is -1.75. The number of amides is 1. The third-order valence-corrected chi connectivity index (χ3v) is 7.78. The first-order valence-corrected chi connectivity index (χ1v) is 13.9. The Balaban J connectivity index is 3.08. The van der Waals surface area contributed by atoms with Gasteiger partial charge in [0.1, 0.15) is 18.2 Å². The van der Waals surface area contributed by atoms with Gasteiger partial charge < -0.3 is 35.2 Å². The molecule has 1 aliphatic heterocycles. The minimum atomic E-state index is -1.02. The van der Waals surface area contributed by atoms with Crippen molar-refractivity contribution in [2.45, 2.75) is 130 Å². The van der Waals surface area contributed by atoms with E-state index in [-0.39, 0.29) is 42.9 Å². The minimum absolute atomic E-state index is 0.0573. The predicted octanol–water partition coefficient (Wildman–Crippen LogP) is 1.94. The average Bonchev–Trinajstić information content (AvgIpc) is 2.79. The molecule has 0 saturated carbocycles. The van der Waals surface area contributed by atoms with E-state index in [4.69, 9.17) is 9.47 Å². The summed E-state index contributed by atoms with van der Waals surface area (Å²) in [7, 11) is 0. The zero-order valence-electron chi connectivity index (χ0n) is 24.3. The highest BCUT2D eigenvalue weighted by atomic mass is 16.5. The summed E-state index contributed by atoms with van der Waals surface area (Å²) in [5.74, 6) is -2.79. The summed E-state index contributed by atoms with van der Waals surface area (Å²) < 4.78 is 11.3. The summed E-state index contributed by atoms with van der Waals surface area (Å²) in [6, 6.07) is -0.910. The molecule has 0 radical (unpaired) electrons. The Labute approximate surface area is 227 Å². The lowest BCUT2D eigenvalue weighted by Gasteiger charge is -2.36. The Morgan fingerprint density at radius 1 is 1.03 bits per heavy atom. The topological polar surface area (TPSA) is 163 Å². The van der Waals surface area contributed by atoms with E-state index in [0.717, 1.165) is 0 Å². The van der Waals surface area contributed by atoms with E-state index in [9.17, 15) is 34.8 Å². The van der Waals surface area contributed by atoms with E-state index in [2.05, 4.69) is 5.32 Å². The van der Waals surface area contributed by atoms with Gasteiger partial charge in [0.15, 0.2) is 0 Å². The van der Waals surface area contributed by atoms with Crippen molar-refractivity contribution < 1.29 is 44.3 Å². The number of aliphatic hydroxyl groups is 4. The standard InChI is InChI=1S/C28H51NO9/c1-14-9-16(3)27(38-28(36)20(7)29-25(34)13-22(32)12-23(14)33)17(4)10-15(2)26(35)19(6)24(11-18(5)30)37-21(8)31/h14-20,22-24,26-27,30,32-33,35H,9-13H2,1-8H3,(H,29,34)/t14-,15+,16-,17+,18+,19-,20+,22+,23+,24-,26+,27-/m1/s1. The molecule has 0 bridgehead atoms. The second-order valence-electron chi connectivity index (χ2n) is 11.8. The van der Waals surface area contributed by atoms with Gasteiger partial charge in [0.2, 0.25) is 5.91 Å². The number of carbonyl (C=O) groups excluding carboxylic acids is 3. The van der Waals surface area contributed by atoms with Gasteiger partial charge in [0.05, 0.1) is 30.8 Å². The van der Waals surface area contributed by atoms with E-state index >= 15 is 0 Å². The molecule has 12 atom stereocenters. The van der Waals surface area contributed by atoms with Gasteiger partial charge in [0.25, 0.3) is 0 Å². The molecule has 0 unspecified atom stereocenters. The van der Waals surface area contributed by atoms with Crippen LogP contribution in [0.1, 0.15) is 87.5 Å². The molecule has 5 N–H and O–H groups in total. The minimum Gasteiger partial charge on any atom is -0.462 e. The van der Waals surface area contributed by atoms with Crippen LogP contribution in [0.25, 0.3) is 0 Å². The van der Waals surface area contributed by atoms with Crippen LogP contribution in [0, 0.1) is 29.6 Å². The highest BCUT2D eigenvalue weighted by Gasteiger charge is 2.37. The fourth-order valence-corrected chi connectivity index (χ4v) is 5.59. The van der Waals surface area contributed by atoms with Crippen LogP contribution >= 0.6 is 0 Å². The van der Waals surface area contributed by atoms with Gasteiger partial charge in [-0.15, -0.1) is 0 Å². The van der Waals surface area contributed by atoms with Crippen LogP contribution in [0.2, 0.25) is 0 Å². The van der Waals surface area contributed by atoms with Gasteiger partial charge in [-0.05, 0) is 56.8 Å². The second kappa shape index (κ2) is 15.7. The molecule has 0 aromatic heterocycles. The number of rotatable bonds is 9. The van der Waals surface area contributed by atoms with E-state index in [1.807, 2.05) is 27.7 Å². The Morgan fingerprint density at radius 2 is 1.63 bits per heavy atom. The molecular formula is C28H51NO9. The average molecular weight is 546 g/mol. The quantitative estimate of drug-likeness (QED) is 0.273. The lowest BCUT2D eigenvalue weighted by Crippen LogP contribution is -2.44. The third kappa shape index (κ3) is 11.2. The van der Waals surface area contributed by atoms with Gasteiger partial charge in [-0.3, -0.25) is 9.59 Å². The molecule has 1 rings (SSSR count). The summed E-state index contributed by atoms with van der Waals surface area (Å²) in [4.78, 5) is 36.7. The Kier molecular flexibility index (Phi) is 14.2. The van der Waals surface area contributed by atoms with E-state index < -0.39 is 66.4 Å². The normalized spacial score (nSPS) is 32.6. The molecule has 0 aliphatic carbocycles. The third-order valence-electron chi connectivity index (χ3n) is 7.78. The lowest BCUT2D eigenvalue weighted by molar-refractivity contribution is -0.159. The van der Waals surface area contributed by atoms with Crippen LogP contribution < -0.4 is 5.32 Å². The number of aliphatic hydroxyl groups excluding tert-OH is 4. The summed E-state index contributed by atoms with van der Waals surface area (Å²) in [5.41, 5.74) is 0. The van der Waals surface area contributed by atoms with Crippen molar-refractivity contribution in [3.05, 3.63) is 0 Å². The van der Waals surface area contributed by atoms with Gasteiger partial charge in [-0.25, -0.2) is 4.79 Å². The van der Waals surface area contributed by atoms with Gasteiger partial charge in [0, 0.05) is 19.3 Å². The van der Waals surface area contributed by atoms with Crippen molar-refractivity contribution in [2.24, 2.45) is 29.6 Å². The SMILES string of the molecule is CC(=O)O[C@H](C[C@H](C)O)[C@@H](C)[C@@H](O)[C@@H](C)C[C@H](C)[C@@H]1OC(=O)[C@H](C)NC(=O)C[C@@H](O)C[C@H](O)[C@H](C)C[C@H]1C. The lowest BCUT2D eigenvalue weighted by atomic mass is 9.78. The highest BCUT2D eigenvalue weighted by Crippen LogP contribution is 2.33. The molecule has 1 amide bonds. The molecular weight excluding hydrogens is 494 g/mol. The van der Waals surface area contributed by atoms with Crippen LogP contribution in [0.4, 0.5) is 0 Å². The smallest absolute Gasteiger partial charge is 0.328 e. The van der Waals surface area contributed by atoms with Crippen molar-refractivity contribution in [3.8, 4) is 0 Å². The van der Waals surface area contributed by atoms with E-state index in [1.54, 1.807) is 13.8 Å². The molecule has 38 heavy (non-hydrogen) atoms. The van der Waals surface area contributed by atoms with E-state index in [0.29, 0.717) is 12.8 Å². The number of esters is 2. The molecule has 0 aromatic rings. The summed E-state index contributed by atoms with van der Waals surface area (Å²) in [6.07, 6.45) is -3.52. The zero-order valence-corrected chi connectivity index (χ0v) is 24.3. The highest BCUT2D eigenvalue weighted by molar-refractivity contribution is 5.84. The summed E-state index contributed by atoms with van der Waals surface area (Å²) in [5, 5.41) is 44.3. The van der Waals surface area contributed by atoms with Crippen LogP contribution in [0.3, 0.4) is 0 Å². The van der Waals surface area contributed by atoms with Crippen LogP contribution in [-0.4, -0.2) is 80.9 Å². The maximum Gasteiger partial charge on any atom is 0.328 e. The monoisotopic (exact) mass is 545 g/mol. The largest absolute Gasteiger partial charge is 0.462 e. The number of nitrogens with one attached hydrogen (secondary N) is 1. The molecule has 10 nitrogen and oxygen atoms in total. The number of ether oxygens (including phenoxy) is 2. The molecule has 1 saturated heterocycles. The molecule has 222 valence electrons. The molecule has 10 heteroatoms. The molecule has 1 heterocycles. The van der Waals surface area contributed by atoms with Crippen LogP contribution in [-0.2, 0) is 23.9 Å². The number of hydrogen-bond acceptors (Lipinski definition) is 9. The number of carbonyl (C=O) groups is 3. The summed E-state index contributed by atoms with van der Waals surface area (Å²) in [6.45, 7) is 13.8. The van der Waals surface area contributed by atoms with Gasteiger partial charge in [-0.2, -0.15) is 0 Å². The molecule has 0 spiro atoms. The first kappa shape index (κ1) is 34.3. The fraction of sp³-hybridized carbons (Fsp3) is 0.893. The Morgan fingerprint density at radius 3 is 2.18 bits per heavy atom. The van der Waals surface area contributed by atoms with E-state index in [1.165, 1.54) is 13.8 Å². The second-order valence-corrected chi connectivity index (χ2v) is 11.8. The molecule has 1 fully saturated rings. The maximum atomic E-state index is 12.9. The van der Waals surface area contributed by atoms with Crippen molar-refractivity contribution in [2.75, 3.05) is 0 Å². The molecule has 1 aliphatic rings. The fourth-order valence-electron chi connectivity index (χ4n) is 5.59. The van der Waals surface area contributed by atoms with Crippen molar-refractivity contribution in [3.63, 3.8) is 0 Å². The first-order valence-electron chi connectivity index (χ1n) is 13.9. The Bertz CT molecular complexity index is 761. The van der Waals surface area contributed by atoms with Gasteiger partial charge >= 0.3 is 11.9 Å². The first-order chi connectivity index (χ1) is 17.5. The number of cyclic esters (lactones) is 1. The predicted molar refractivity (Wildman–Crippen MR) is 142 cm³/mol. The van der Waals surface area contributed by atoms with Gasteiger partial charge in [-0.1, -0.05) is 34.6 Å². The van der Waals surface area contributed by atoms with Crippen molar-refractivity contribution in [1.82, 2.24) is 5.32 Å². The maximum absolute atomic E-state index is 12.9. The van der Waals surface area contributed by atoms with Crippen molar-refractivity contribution >= 4 is 17.8 Å². The van der Waals surface area contributed by atoms with Crippen LogP contribution in [0.5, 0.6) is 0 Å². The number of hydrogen-bond donors (Lipinski definition) is 5. The van der Waals surface area contributed by atoms with Crippen molar-refractivity contribution in [1.29, 1.82) is 0 Å². The molecule has 0 aromatic carbocycles.